The van der Waals surface area contributed by atoms with E-state index in [0.29, 0.717) is 0 Å². The van der Waals surface area contributed by atoms with E-state index in [1.165, 1.54) is 23.4 Å². The summed E-state index contributed by atoms with van der Waals surface area (Å²) in [5.74, 6) is 0.343. The maximum atomic E-state index is 11.5. The Labute approximate surface area is 132 Å². The van der Waals surface area contributed by atoms with E-state index in [1.807, 2.05) is 37.3 Å². The highest BCUT2D eigenvalue weighted by Gasteiger charge is 2.25. The number of imidazole rings is 1. The Hall–Kier alpha value is -3.29. The predicted octanol–water partition coefficient (Wildman–Crippen LogP) is 2.74. The average Bonchev–Trinajstić information content (AvgIpc) is 3.09. The van der Waals surface area contributed by atoms with Crippen molar-refractivity contribution < 1.29 is 4.92 Å². The lowest BCUT2D eigenvalue weighted by molar-refractivity contribution is -0.384. The van der Waals surface area contributed by atoms with Crippen LogP contribution in [0.5, 0.6) is 0 Å². The van der Waals surface area contributed by atoms with Gasteiger partial charge in [0, 0.05) is 12.4 Å². The van der Waals surface area contributed by atoms with Crippen LogP contribution >= 0.6 is 0 Å². The molecule has 3 rings (SSSR count). The first-order valence-electron chi connectivity index (χ1n) is 6.96. The fourth-order valence-electron chi connectivity index (χ4n) is 2.25. The van der Waals surface area contributed by atoms with Crippen molar-refractivity contribution in [3.63, 3.8) is 0 Å². The van der Waals surface area contributed by atoms with Crippen molar-refractivity contribution in [2.24, 2.45) is 0 Å². The Morgan fingerprint density at radius 1 is 1.26 bits per heavy atom. The van der Waals surface area contributed by atoms with Crippen LogP contribution in [-0.4, -0.2) is 24.4 Å². The van der Waals surface area contributed by atoms with Crippen LogP contribution in [0.4, 0.5) is 11.5 Å². The summed E-state index contributed by atoms with van der Waals surface area (Å²) in [5, 5.41) is 14.6. The molecule has 0 bridgehead atoms. The largest absolute Gasteiger partial charge is 0.358 e. The molecule has 2 heterocycles. The van der Waals surface area contributed by atoms with Crippen LogP contribution in [0.3, 0.4) is 0 Å². The van der Waals surface area contributed by atoms with Gasteiger partial charge in [0.2, 0.25) is 11.6 Å². The summed E-state index contributed by atoms with van der Waals surface area (Å²) in [6.07, 6.45) is 5.88. The number of benzene rings is 1. The lowest BCUT2D eigenvalue weighted by Gasteiger charge is -2.15. The summed E-state index contributed by atoms with van der Waals surface area (Å²) in [6.45, 7) is 1.91. The first kappa shape index (κ1) is 14.6. The lowest BCUT2D eigenvalue weighted by Crippen LogP contribution is -2.12. The second-order valence-corrected chi connectivity index (χ2v) is 4.90. The SMILES string of the molecule is CC(Nc1ncnc(-n2ccnc2)c1[N+](=O)[O-])c1ccccc1. The van der Waals surface area contributed by atoms with Gasteiger partial charge in [0.15, 0.2) is 0 Å². The van der Waals surface area contributed by atoms with E-state index in [-0.39, 0.29) is 23.4 Å². The molecule has 8 heteroatoms. The number of hydrogen-bond donors (Lipinski definition) is 1. The molecule has 116 valence electrons. The van der Waals surface area contributed by atoms with Crippen LogP contribution in [0.25, 0.3) is 5.82 Å². The van der Waals surface area contributed by atoms with Crippen molar-refractivity contribution in [3.05, 3.63) is 71.1 Å². The zero-order valence-corrected chi connectivity index (χ0v) is 12.3. The van der Waals surface area contributed by atoms with Gasteiger partial charge in [-0.05, 0) is 12.5 Å². The molecule has 1 atom stereocenters. The zero-order valence-electron chi connectivity index (χ0n) is 12.3. The van der Waals surface area contributed by atoms with Crippen molar-refractivity contribution >= 4 is 11.5 Å². The van der Waals surface area contributed by atoms with Crippen molar-refractivity contribution in [1.82, 2.24) is 19.5 Å². The number of nitro groups is 1. The van der Waals surface area contributed by atoms with Crippen LogP contribution in [0.15, 0.2) is 55.4 Å². The van der Waals surface area contributed by atoms with E-state index in [2.05, 4.69) is 20.3 Å². The molecule has 0 fully saturated rings. The van der Waals surface area contributed by atoms with E-state index in [9.17, 15) is 10.1 Å². The van der Waals surface area contributed by atoms with Gasteiger partial charge in [-0.1, -0.05) is 30.3 Å². The third kappa shape index (κ3) is 3.00. The first-order valence-corrected chi connectivity index (χ1v) is 6.96. The van der Waals surface area contributed by atoms with Crippen LogP contribution in [-0.2, 0) is 0 Å². The van der Waals surface area contributed by atoms with Gasteiger partial charge >= 0.3 is 5.69 Å². The second-order valence-electron chi connectivity index (χ2n) is 4.90. The Balaban J connectivity index is 1.99. The number of aromatic nitrogens is 4. The van der Waals surface area contributed by atoms with Crippen molar-refractivity contribution in [3.8, 4) is 5.82 Å². The molecule has 0 saturated heterocycles. The number of nitrogens with one attached hydrogen (secondary N) is 1. The second kappa shape index (κ2) is 6.22. The van der Waals surface area contributed by atoms with Gasteiger partial charge in [-0.2, -0.15) is 0 Å². The summed E-state index contributed by atoms with van der Waals surface area (Å²) in [7, 11) is 0. The molecule has 0 spiro atoms. The molecular weight excluding hydrogens is 296 g/mol. The molecule has 1 N–H and O–H groups in total. The van der Waals surface area contributed by atoms with Gasteiger partial charge < -0.3 is 5.32 Å². The fourth-order valence-corrected chi connectivity index (χ4v) is 2.25. The number of hydrogen-bond acceptors (Lipinski definition) is 6. The highest BCUT2D eigenvalue weighted by atomic mass is 16.6. The smallest absolute Gasteiger partial charge is 0.354 e. The van der Waals surface area contributed by atoms with Crippen LogP contribution in [0, 0.1) is 10.1 Å². The third-order valence-corrected chi connectivity index (χ3v) is 3.39. The molecule has 1 unspecified atom stereocenters. The van der Waals surface area contributed by atoms with E-state index >= 15 is 0 Å². The molecule has 2 aromatic heterocycles. The molecule has 3 aromatic rings. The Morgan fingerprint density at radius 2 is 2.04 bits per heavy atom. The molecule has 0 aliphatic rings. The maximum absolute atomic E-state index is 11.5. The standard InChI is InChI=1S/C15H14N6O2/c1-11(12-5-3-2-4-6-12)19-14-13(21(22)23)15(18-9-17-14)20-8-7-16-10-20/h2-11H,1H3,(H,17,18,19). The number of anilines is 1. The highest BCUT2D eigenvalue weighted by molar-refractivity contribution is 5.64. The summed E-state index contributed by atoms with van der Waals surface area (Å²) >= 11 is 0. The Morgan fingerprint density at radius 3 is 2.70 bits per heavy atom. The minimum Gasteiger partial charge on any atom is -0.358 e. The third-order valence-electron chi connectivity index (χ3n) is 3.39. The van der Waals surface area contributed by atoms with Gasteiger partial charge in [-0.3, -0.25) is 14.7 Å². The van der Waals surface area contributed by atoms with Crippen LogP contribution in [0.2, 0.25) is 0 Å². The fraction of sp³-hybridized carbons (Fsp3) is 0.133. The molecule has 23 heavy (non-hydrogen) atoms. The Bertz CT molecular complexity index is 804. The van der Waals surface area contributed by atoms with Crippen LogP contribution < -0.4 is 5.32 Å². The Kier molecular flexibility index (Phi) is 3.96. The van der Waals surface area contributed by atoms with Gasteiger partial charge in [0.25, 0.3) is 0 Å². The van der Waals surface area contributed by atoms with E-state index in [4.69, 9.17) is 0 Å². The van der Waals surface area contributed by atoms with Gasteiger partial charge in [-0.15, -0.1) is 0 Å². The number of nitrogens with zero attached hydrogens (tertiary/aromatic N) is 5. The van der Waals surface area contributed by atoms with Gasteiger partial charge in [0.1, 0.15) is 12.7 Å². The quantitative estimate of drug-likeness (QED) is 0.574. The first-order chi connectivity index (χ1) is 11.2. The summed E-state index contributed by atoms with van der Waals surface area (Å²) < 4.78 is 1.48. The minimum absolute atomic E-state index is 0.138. The topological polar surface area (TPSA) is 98.8 Å². The molecule has 0 saturated carbocycles. The molecule has 0 amide bonds. The van der Waals surface area contributed by atoms with Crippen molar-refractivity contribution in [2.45, 2.75) is 13.0 Å². The molecule has 0 aliphatic heterocycles. The predicted molar refractivity (Wildman–Crippen MR) is 84.3 cm³/mol. The maximum Gasteiger partial charge on any atom is 0.354 e. The van der Waals surface area contributed by atoms with E-state index in [0.717, 1.165) is 5.56 Å². The summed E-state index contributed by atoms with van der Waals surface area (Å²) in [5.41, 5.74) is 0.817. The normalized spacial score (nSPS) is 11.9. The monoisotopic (exact) mass is 310 g/mol. The molecule has 0 radical (unpaired) electrons. The van der Waals surface area contributed by atoms with Gasteiger partial charge in [0.05, 0.1) is 11.0 Å². The van der Waals surface area contributed by atoms with Crippen molar-refractivity contribution in [2.75, 3.05) is 5.32 Å². The minimum atomic E-state index is -0.491. The van der Waals surface area contributed by atoms with E-state index < -0.39 is 4.92 Å². The molecular formula is C15H14N6O2. The molecule has 0 aliphatic carbocycles. The van der Waals surface area contributed by atoms with E-state index in [1.54, 1.807) is 6.20 Å². The highest BCUT2D eigenvalue weighted by Crippen LogP contribution is 2.30. The average molecular weight is 310 g/mol. The molecule has 1 aromatic carbocycles. The summed E-state index contributed by atoms with van der Waals surface area (Å²) in [4.78, 5) is 23.0. The number of rotatable bonds is 5. The van der Waals surface area contributed by atoms with Crippen molar-refractivity contribution in [1.29, 1.82) is 0 Å². The molecule has 8 nitrogen and oxygen atoms in total. The zero-order chi connectivity index (χ0) is 16.2. The summed E-state index contributed by atoms with van der Waals surface area (Å²) in [6, 6.07) is 9.50. The van der Waals surface area contributed by atoms with Gasteiger partial charge in [-0.25, -0.2) is 15.0 Å². The van der Waals surface area contributed by atoms with Crippen LogP contribution in [0.1, 0.15) is 18.5 Å². The lowest BCUT2D eigenvalue weighted by atomic mass is 10.1.